The Bertz CT molecular complexity index is 409. The lowest BCUT2D eigenvalue weighted by atomic mass is 9.89. The molecule has 17 heavy (non-hydrogen) atoms. The second-order valence-electron chi connectivity index (χ2n) is 5.50. The second kappa shape index (κ2) is 4.22. The number of phenolic OH excluding ortho intramolecular Hbond substituents is 1. The van der Waals surface area contributed by atoms with E-state index in [0.717, 1.165) is 25.1 Å². The summed E-state index contributed by atoms with van der Waals surface area (Å²) in [5.74, 6) is 0.611. The van der Waals surface area contributed by atoms with Gasteiger partial charge >= 0.3 is 0 Å². The molecule has 0 aromatic heterocycles. The quantitative estimate of drug-likeness (QED) is 0.846. The first-order chi connectivity index (χ1) is 7.90. The molecule has 0 spiro atoms. The fraction of sp³-hybridized carbons (Fsp3) is 0.571. The van der Waals surface area contributed by atoms with Crippen molar-refractivity contribution in [2.45, 2.75) is 38.7 Å². The summed E-state index contributed by atoms with van der Waals surface area (Å²) in [4.78, 5) is 2.30. The molecule has 0 amide bonds. The van der Waals surface area contributed by atoms with E-state index >= 15 is 0 Å². The zero-order valence-corrected chi connectivity index (χ0v) is 10.8. The smallest absolute Gasteiger partial charge is 0.116 e. The Morgan fingerprint density at radius 3 is 2.71 bits per heavy atom. The van der Waals surface area contributed by atoms with Gasteiger partial charge in [-0.2, -0.15) is 0 Å². The highest BCUT2D eigenvalue weighted by molar-refractivity contribution is 5.62. The maximum atomic E-state index is 9.95. The summed E-state index contributed by atoms with van der Waals surface area (Å²) in [6, 6.07) is 5.54. The van der Waals surface area contributed by atoms with Crippen LogP contribution in [0.15, 0.2) is 18.2 Å². The van der Waals surface area contributed by atoms with Crippen LogP contribution in [0, 0.1) is 0 Å². The third-order valence-electron chi connectivity index (χ3n) is 3.36. The highest BCUT2D eigenvalue weighted by Gasteiger charge is 2.31. The van der Waals surface area contributed by atoms with Crippen molar-refractivity contribution in [2.75, 3.05) is 18.0 Å². The largest absolute Gasteiger partial charge is 0.508 e. The Morgan fingerprint density at radius 2 is 2.12 bits per heavy atom. The van der Waals surface area contributed by atoms with Crippen LogP contribution in [-0.2, 0) is 0 Å². The molecule has 94 valence electrons. The number of hydrogen-bond donors (Lipinski definition) is 2. The van der Waals surface area contributed by atoms with E-state index in [2.05, 4.69) is 11.8 Å². The first kappa shape index (κ1) is 12.2. The lowest BCUT2D eigenvalue weighted by molar-refractivity contribution is 0.0644. The Hall–Kier alpha value is -1.22. The first-order valence-corrected chi connectivity index (χ1v) is 6.21. The summed E-state index contributed by atoms with van der Waals surface area (Å²) in [6.45, 7) is 7.69. The Balaban J connectivity index is 2.32. The van der Waals surface area contributed by atoms with Crippen molar-refractivity contribution in [2.24, 2.45) is 0 Å². The van der Waals surface area contributed by atoms with Crippen LogP contribution in [0.2, 0.25) is 0 Å². The molecular formula is C14H21NO2. The van der Waals surface area contributed by atoms with Crippen LogP contribution in [-0.4, -0.2) is 28.9 Å². The van der Waals surface area contributed by atoms with Gasteiger partial charge < -0.3 is 15.1 Å². The summed E-state index contributed by atoms with van der Waals surface area (Å²) < 4.78 is 0. The molecule has 0 aliphatic carbocycles. The lowest BCUT2D eigenvalue weighted by Crippen LogP contribution is -2.26. The predicted octanol–water partition coefficient (Wildman–Crippen LogP) is 2.48. The van der Waals surface area contributed by atoms with Crippen LogP contribution in [0.3, 0.4) is 0 Å². The van der Waals surface area contributed by atoms with Crippen LogP contribution in [0.4, 0.5) is 5.69 Å². The lowest BCUT2D eigenvalue weighted by Gasteiger charge is -2.22. The van der Waals surface area contributed by atoms with Crippen LogP contribution in [0.25, 0.3) is 0 Å². The summed E-state index contributed by atoms with van der Waals surface area (Å²) in [6.07, 6.45) is 0.722. The third kappa shape index (κ3) is 2.55. The predicted molar refractivity (Wildman–Crippen MR) is 69.6 cm³/mol. The topological polar surface area (TPSA) is 43.7 Å². The molecule has 0 saturated carbocycles. The average Bonchev–Trinajstić information content (AvgIpc) is 2.54. The second-order valence-corrected chi connectivity index (χ2v) is 5.50. The van der Waals surface area contributed by atoms with E-state index < -0.39 is 5.60 Å². The molecular weight excluding hydrogens is 214 g/mol. The fourth-order valence-electron chi connectivity index (χ4n) is 2.70. The van der Waals surface area contributed by atoms with Crippen LogP contribution in [0.1, 0.15) is 38.7 Å². The normalized spacial score (nSPS) is 19.5. The molecule has 1 aromatic rings. The van der Waals surface area contributed by atoms with Crippen molar-refractivity contribution in [1.82, 2.24) is 0 Å². The van der Waals surface area contributed by atoms with E-state index in [9.17, 15) is 10.2 Å². The molecule has 2 N–H and O–H groups in total. The van der Waals surface area contributed by atoms with Gasteiger partial charge in [-0.15, -0.1) is 0 Å². The monoisotopic (exact) mass is 235 g/mol. The van der Waals surface area contributed by atoms with E-state index in [-0.39, 0.29) is 0 Å². The van der Waals surface area contributed by atoms with Crippen molar-refractivity contribution in [3.05, 3.63) is 23.8 Å². The average molecular weight is 235 g/mol. The first-order valence-electron chi connectivity index (χ1n) is 6.21. The highest BCUT2D eigenvalue weighted by atomic mass is 16.3. The molecule has 1 unspecified atom stereocenters. The Kier molecular flexibility index (Phi) is 3.04. The Morgan fingerprint density at radius 1 is 1.41 bits per heavy atom. The molecule has 2 rings (SSSR count). The van der Waals surface area contributed by atoms with Crippen molar-refractivity contribution in [1.29, 1.82) is 0 Å². The number of aliphatic hydroxyl groups is 1. The van der Waals surface area contributed by atoms with E-state index in [1.807, 2.05) is 26.0 Å². The minimum atomic E-state index is -0.669. The van der Waals surface area contributed by atoms with Gasteiger partial charge in [0.25, 0.3) is 0 Å². The number of fused-ring (bicyclic) bond motifs is 1. The van der Waals surface area contributed by atoms with E-state index in [0.29, 0.717) is 11.7 Å². The number of phenols is 1. The van der Waals surface area contributed by atoms with Gasteiger partial charge in [0.05, 0.1) is 5.60 Å². The number of likely N-dealkylation sites (N-methyl/N-ethyl adjacent to an activating group) is 1. The van der Waals surface area contributed by atoms with Crippen LogP contribution >= 0.6 is 0 Å². The SMILES string of the molecule is CCN1CC(CC(C)(C)O)c2cc(O)ccc21. The number of anilines is 1. The third-order valence-corrected chi connectivity index (χ3v) is 3.36. The van der Waals surface area contributed by atoms with Gasteiger partial charge in [-0.05, 0) is 51.0 Å². The van der Waals surface area contributed by atoms with E-state index in [1.165, 1.54) is 5.69 Å². The van der Waals surface area contributed by atoms with E-state index in [4.69, 9.17) is 0 Å². The van der Waals surface area contributed by atoms with Crippen LogP contribution in [0.5, 0.6) is 5.75 Å². The van der Waals surface area contributed by atoms with E-state index in [1.54, 1.807) is 6.07 Å². The van der Waals surface area contributed by atoms with Gasteiger partial charge in [0.15, 0.2) is 0 Å². The Labute approximate surface area is 103 Å². The van der Waals surface area contributed by atoms with Crippen molar-refractivity contribution >= 4 is 5.69 Å². The molecule has 3 heteroatoms. The van der Waals surface area contributed by atoms with Gasteiger partial charge in [0.1, 0.15) is 5.75 Å². The zero-order valence-electron chi connectivity index (χ0n) is 10.8. The molecule has 1 aromatic carbocycles. The minimum absolute atomic E-state index is 0.303. The highest BCUT2D eigenvalue weighted by Crippen LogP contribution is 2.41. The summed E-state index contributed by atoms with van der Waals surface area (Å²) in [7, 11) is 0. The molecule has 1 atom stereocenters. The minimum Gasteiger partial charge on any atom is -0.508 e. The number of aromatic hydroxyl groups is 1. The molecule has 1 aliphatic heterocycles. The number of benzene rings is 1. The molecule has 1 aliphatic rings. The van der Waals surface area contributed by atoms with Gasteiger partial charge in [-0.3, -0.25) is 0 Å². The molecule has 0 bridgehead atoms. The molecule has 3 nitrogen and oxygen atoms in total. The van der Waals surface area contributed by atoms with Crippen molar-refractivity contribution < 1.29 is 10.2 Å². The van der Waals surface area contributed by atoms with Gasteiger partial charge in [0, 0.05) is 24.7 Å². The number of nitrogens with zero attached hydrogens (tertiary/aromatic N) is 1. The van der Waals surface area contributed by atoms with Gasteiger partial charge in [-0.25, -0.2) is 0 Å². The van der Waals surface area contributed by atoms with Crippen molar-refractivity contribution in [3.8, 4) is 5.75 Å². The molecule has 0 fully saturated rings. The maximum Gasteiger partial charge on any atom is 0.116 e. The van der Waals surface area contributed by atoms with Gasteiger partial charge in [-0.1, -0.05) is 0 Å². The summed E-state index contributed by atoms with van der Waals surface area (Å²) in [5, 5.41) is 19.5. The summed E-state index contributed by atoms with van der Waals surface area (Å²) in [5.41, 5.74) is 1.69. The molecule has 0 saturated heterocycles. The zero-order chi connectivity index (χ0) is 12.6. The van der Waals surface area contributed by atoms with Crippen LogP contribution < -0.4 is 4.90 Å². The number of hydrogen-bond acceptors (Lipinski definition) is 3. The standard InChI is InChI=1S/C14H21NO2/c1-4-15-9-10(8-14(2,3)17)12-7-11(16)5-6-13(12)15/h5-7,10,16-17H,4,8-9H2,1-3H3. The van der Waals surface area contributed by atoms with Crippen molar-refractivity contribution in [3.63, 3.8) is 0 Å². The number of rotatable bonds is 3. The summed E-state index contributed by atoms with van der Waals surface area (Å²) >= 11 is 0. The maximum absolute atomic E-state index is 9.95. The molecule has 1 heterocycles. The molecule has 0 radical (unpaired) electrons. The van der Waals surface area contributed by atoms with Gasteiger partial charge in [0.2, 0.25) is 0 Å². The fourth-order valence-corrected chi connectivity index (χ4v) is 2.70.